The van der Waals surface area contributed by atoms with Gasteiger partial charge in [-0.15, -0.1) is 0 Å². The zero-order valence-corrected chi connectivity index (χ0v) is 13.9. The largest absolute Gasteiger partial charge is 0.328 e. The molecule has 0 amide bonds. The van der Waals surface area contributed by atoms with Crippen LogP contribution in [0.15, 0.2) is 21.4 Å². The first kappa shape index (κ1) is 15.3. The molecule has 0 fully saturated rings. The molecule has 4 nitrogen and oxygen atoms in total. The van der Waals surface area contributed by atoms with Crippen LogP contribution in [0.25, 0.3) is 11.0 Å². The maximum atomic E-state index is 12.0. The summed E-state index contributed by atoms with van der Waals surface area (Å²) in [5.74, 6) is 0. The molecule has 2 aromatic rings. The highest BCUT2D eigenvalue weighted by Gasteiger charge is 2.15. The molecule has 0 radical (unpaired) electrons. The van der Waals surface area contributed by atoms with E-state index in [1.54, 1.807) is 23.2 Å². The van der Waals surface area contributed by atoms with Gasteiger partial charge in [-0.25, -0.2) is 4.79 Å². The number of aryl methyl sites for hydroxylation is 2. The Morgan fingerprint density at radius 2 is 1.80 bits per heavy atom. The molecule has 1 atom stereocenters. The molecular weight excluding hydrogens is 318 g/mol. The molecule has 0 aliphatic rings. The molecule has 0 aliphatic carbocycles. The van der Waals surface area contributed by atoms with E-state index >= 15 is 0 Å². The fraction of sp³-hybridized carbons (Fsp3) is 0.533. The Hall–Kier alpha value is -1.07. The summed E-state index contributed by atoms with van der Waals surface area (Å²) in [6.45, 7) is 2.19. The maximum Gasteiger partial charge on any atom is 0.328 e. The lowest BCUT2D eigenvalue weighted by atomic mass is 10.0. The predicted molar refractivity (Wildman–Crippen MR) is 86.9 cm³/mol. The van der Waals surface area contributed by atoms with E-state index in [0.29, 0.717) is 0 Å². The normalized spacial score (nSPS) is 13.1. The van der Waals surface area contributed by atoms with E-state index in [0.717, 1.165) is 33.9 Å². The molecule has 2 N–H and O–H groups in total. The zero-order valence-electron chi connectivity index (χ0n) is 12.3. The van der Waals surface area contributed by atoms with Gasteiger partial charge in [0.2, 0.25) is 0 Å². The Kier molecular flexibility index (Phi) is 4.70. The molecule has 1 aromatic carbocycles. The van der Waals surface area contributed by atoms with Crippen LogP contribution in [0, 0.1) is 0 Å². The van der Waals surface area contributed by atoms with Crippen molar-refractivity contribution in [3.05, 3.63) is 32.7 Å². The smallest absolute Gasteiger partial charge is 0.324 e. The number of imidazole rings is 1. The molecule has 0 bridgehead atoms. The Balaban J connectivity index is 2.42. The molecule has 1 aromatic heterocycles. The van der Waals surface area contributed by atoms with E-state index in [4.69, 9.17) is 5.73 Å². The lowest BCUT2D eigenvalue weighted by Crippen LogP contribution is -2.19. The van der Waals surface area contributed by atoms with Gasteiger partial charge in [-0.1, -0.05) is 42.1 Å². The third-order valence-electron chi connectivity index (χ3n) is 3.91. The van der Waals surface area contributed by atoms with E-state index in [1.165, 1.54) is 12.8 Å². The minimum absolute atomic E-state index is 0.00985. The Morgan fingerprint density at radius 1 is 1.20 bits per heavy atom. The second-order valence-electron chi connectivity index (χ2n) is 5.37. The van der Waals surface area contributed by atoms with Crippen LogP contribution in [0.1, 0.15) is 44.2 Å². The number of fused-ring (bicyclic) bond motifs is 1. The fourth-order valence-corrected chi connectivity index (χ4v) is 3.22. The number of halogens is 1. The first-order valence-electron chi connectivity index (χ1n) is 7.07. The van der Waals surface area contributed by atoms with Gasteiger partial charge in [-0.05, 0) is 24.1 Å². The molecule has 0 aliphatic heterocycles. The van der Waals surface area contributed by atoms with E-state index in [9.17, 15) is 4.79 Å². The predicted octanol–water partition coefficient (Wildman–Crippen LogP) is 3.22. The number of aromatic nitrogens is 2. The number of nitrogens with two attached hydrogens (primary N) is 1. The van der Waals surface area contributed by atoms with E-state index < -0.39 is 0 Å². The second-order valence-corrected chi connectivity index (χ2v) is 6.22. The monoisotopic (exact) mass is 339 g/mol. The standard InChI is InChI=1S/C15H22BrN3O/c1-4-5-6-7-12(17)10-8-13-14(9-11(10)16)19(3)15(20)18(13)2/h8-9,12H,4-7,17H2,1-3H3. The third-order valence-corrected chi connectivity index (χ3v) is 4.60. The van der Waals surface area contributed by atoms with Crippen LogP contribution in [0.2, 0.25) is 0 Å². The van der Waals surface area contributed by atoms with Crippen molar-refractivity contribution < 1.29 is 0 Å². The molecule has 1 unspecified atom stereocenters. The zero-order chi connectivity index (χ0) is 14.9. The fourth-order valence-electron chi connectivity index (χ4n) is 2.59. The van der Waals surface area contributed by atoms with Crippen LogP contribution >= 0.6 is 15.9 Å². The van der Waals surface area contributed by atoms with Gasteiger partial charge in [0.05, 0.1) is 11.0 Å². The number of rotatable bonds is 5. The SMILES string of the molecule is CCCCCC(N)c1cc2c(cc1Br)n(C)c(=O)n2C. The molecule has 0 saturated heterocycles. The summed E-state index contributed by atoms with van der Waals surface area (Å²) < 4.78 is 4.31. The molecular formula is C15H22BrN3O. The summed E-state index contributed by atoms with van der Waals surface area (Å²) in [6.07, 6.45) is 4.51. The van der Waals surface area contributed by atoms with Gasteiger partial charge in [0, 0.05) is 24.6 Å². The van der Waals surface area contributed by atoms with Gasteiger partial charge < -0.3 is 5.73 Å². The highest BCUT2D eigenvalue weighted by atomic mass is 79.9. The molecule has 110 valence electrons. The van der Waals surface area contributed by atoms with Crippen LogP contribution in [0.3, 0.4) is 0 Å². The summed E-state index contributed by atoms with van der Waals surface area (Å²) in [5.41, 5.74) is 9.22. The Bertz CT molecular complexity index is 672. The van der Waals surface area contributed by atoms with Crippen LogP contribution < -0.4 is 11.4 Å². The summed E-state index contributed by atoms with van der Waals surface area (Å²) in [6, 6.07) is 4.04. The number of nitrogens with zero attached hydrogens (tertiary/aromatic N) is 2. The van der Waals surface area contributed by atoms with Gasteiger partial charge in [0.25, 0.3) is 0 Å². The molecule has 2 rings (SSSR count). The van der Waals surface area contributed by atoms with Gasteiger partial charge in [0.1, 0.15) is 0 Å². The van der Waals surface area contributed by atoms with Crippen LogP contribution in [-0.2, 0) is 14.1 Å². The van der Waals surface area contributed by atoms with Gasteiger partial charge in [-0.2, -0.15) is 0 Å². The van der Waals surface area contributed by atoms with E-state index in [-0.39, 0.29) is 11.7 Å². The van der Waals surface area contributed by atoms with Crippen molar-refractivity contribution in [1.29, 1.82) is 0 Å². The number of unbranched alkanes of at least 4 members (excludes halogenated alkanes) is 2. The maximum absolute atomic E-state index is 12.0. The van der Waals surface area contributed by atoms with Crippen molar-refractivity contribution in [1.82, 2.24) is 9.13 Å². The third kappa shape index (κ3) is 2.69. The average Bonchev–Trinajstić information content (AvgIpc) is 2.63. The molecule has 5 heteroatoms. The van der Waals surface area contributed by atoms with Crippen molar-refractivity contribution in [2.75, 3.05) is 0 Å². The van der Waals surface area contributed by atoms with Crippen LogP contribution in [0.5, 0.6) is 0 Å². The summed E-state index contributed by atoms with van der Waals surface area (Å²) >= 11 is 3.59. The molecule has 0 spiro atoms. The number of hydrogen-bond donors (Lipinski definition) is 1. The minimum Gasteiger partial charge on any atom is -0.324 e. The van der Waals surface area contributed by atoms with Crippen molar-refractivity contribution in [3.8, 4) is 0 Å². The summed E-state index contributed by atoms with van der Waals surface area (Å²) in [4.78, 5) is 12.0. The van der Waals surface area contributed by atoms with Gasteiger partial charge in [0.15, 0.2) is 0 Å². The first-order chi connectivity index (χ1) is 9.47. The number of benzene rings is 1. The topological polar surface area (TPSA) is 52.9 Å². The highest BCUT2D eigenvalue weighted by Crippen LogP contribution is 2.29. The lowest BCUT2D eigenvalue weighted by molar-refractivity contribution is 0.580. The van der Waals surface area contributed by atoms with Crippen LogP contribution in [0.4, 0.5) is 0 Å². The van der Waals surface area contributed by atoms with Gasteiger partial charge in [-0.3, -0.25) is 9.13 Å². The highest BCUT2D eigenvalue weighted by molar-refractivity contribution is 9.10. The quantitative estimate of drug-likeness (QED) is 0.850. The van der Waals surface area contributed by atoms with E-state index in [1.807, 2.05) is 12.1 Å². The van der Waals surface area contributed by atoms with Crippen molar-refractivity contribution in [2.45, 2.75) is 38.6 Å². The molecule has 0 saturated carbocycles. The van der Waals surface area contributed by atoms with Crippen molar-refractivity contribution in [3.63, 3.8) is 0 Å². The Labute approximate surface area is 127 Å². The van der Waals surface area contributed by atoms with Crippen LogP contribution in [-0.4, -0.2) is 9.13 Å². The first-order valence-corrected chi connectivity index (χ1v) is 7.87. The second kappa shape index (κ2) is 6.14. The van der Waals surface area contributed by atoms with Crippen molar-refractivity contribution in [2.24, 2.45) is 19.8 Å². The lowest BCUT2D eigenvalue weighted by Gasteiger charge is -2.14. The van der Waals surface area contributed by atoms with Crippen molar-refractivity contribution >= 4 is 27.0 Å². The molecule has 1 heterocycles. The van der Waals surface area contributed by atoms with E-state index in [2.05, 4.69) is 22.9 Å². The summed E-state index contributed by atoms with van der Waals surface area (Å²) in [5, 5.41) is 0. The average molecular weight is 340 g/mol. The minimum atomic E-state index is -0.0106. The Morgan fingerprint density at radius 3 is 2.40 bits per heavy atom. The summed E-state index contributed by atoms with van der Waals surface area (Å²) in [7, 11) is 3.59. The number of hydrogen-bond acceptors (Lipinski definition) is 2. The van der Waals surface area contributed by atoms with Gasteiger partial charge >= 0.3 is 5.69 Å². The molecule has 20 heavy (non-hydrogen) atoms.